The molecule has 1 aromatic heterocycles. The first kappa shape index (κ1) is 15.0. The van der Waals surface area contributed by atoms with E-state index in [0.717, 1.165) is 29.7 Å². The van der Waals surface area contributed by atoms with Crippen LogP contribution in [0.1, 0.15) is 48.8 Å². The van der Waals surface area contributed by atoms with E-state index in [0.29, 0.717) is 11.5 Å². The molecule has 0 radical (unpaired) electrons. The first-order valence-electron chi connectivity index (χ1n) is 7.71. The molecule has 3 rings (SSSR count). The van der Waals surface area contributed by atoms with Crippen molar-refractivity contribution >= 4 is 28.3 Å². The van der Waals surface area contributed by atoms with Gasteiger partial charge in [0.05, 0.1) is 0 Å². The Labute approximate surface area is 134 Å². The Kier molecular flexibility index (Phi) is 4.38. The van der Waals surface area contributed by atoms with Gasteiger partial charge in [0, 0.05) is 41.8 Å². The average Bonchev–Trinajstić information content (AvgIpc) is 3.29. The van der Waals surface area contributed by atoms with Gasteiger partial charge in [0.2, 0.25) is 5.13 Å². The van der Waals surface area contributed by atoms with Crippen molar-refractivity contribution in [1.82, 2.24) is 14.3 Å². The molecular formula is C16H20N4OS. The number of amides is 1. The highest BCUT2D eigenvalue weighted by Gasteiger charge is 2.27. The van der Waals surface area contributed by atoms with Crippen molar-refractivity contribution in [2.45, 2.75) is 32.6 Å². The van der Waals surface area contributed by atoms with Gasteiger partial charge in [-0.3, -0.25) is 4.79 Å². The summed E-state index contributed by atoms with van der Waals surface area (Å²) >= 11 is 1.39. The lowest BCUT2D eigenvalue weighted by molar-refractivity contribution is 0.0773. The molecule has 0 unspecified atom stereocenters. The number of anilines is 2. The molecule has 0 saturated heterocycles. The lowest BCUT2D eigenvalue weighted by atomic mass is 10.2. The minimum absolute atomic E-state index is 0.0727. The van der Waals surface area contributed by atoms with Crippen molar-refractivity contribution in [2.75, 3.05) is 18.4 Å². The van der Waals surface area contributed by atoms with Crippen LogP contribution in [0.3, 0.4) is 0 Å². The molecule has 6 heteroatoms. The van der Waals surface area contributed by atoms with Crippen LogP contribution in [0.25, 0.3) is 0 Å². The molecule has 1 amide bonds. The van der Waals surface area contributed by atoms with E-state index in [1.165, 1.54) is 24.4 Å². The Hall–Kier alpha value is -1.95. The van der Waals surface area contributed by atoms with Gasteiger partial charge in [-0.15, -0.1) is 0 Å². The summed E-state index contributed by atoms with van der Waals surface area (Å²) in [5, 5.41) is 4.06. The van der Waals surface area contributed by atoms with Crippen LogP contribution >= 0.6 is 11.5 Å². The van der Waals surface area contributed by atoms with Gasteiger partial charge in [-0.05, 0) is 51.0 Å². The van der Waals surface area contributed by atoms with E-state index in [9.17, 15) is 4.79 Å². The molecule has 1 aromatic carbocycles. The fraction of sp³-hybridized carbons (Fsp3) is 0.438. The first-order valence-corrected chi connectivity index (χ1v) is 8.48. The molecule has 0 atom stereocenters. The predicted octanol–water partition coefficient (Wildman–Crippen LogP) is 3.64. The molecule has 1 aliphatic carbocycles. The highest BCUT2D eigenvalue weighted by molar-refractivity contribution is 7.09. The molecule has 5 nitrogen and oxygen atoms in total. The third-order valence-corrected chi connectivity index (χ3v) is 4.46. The first-order chi connectivity index (χ1) is 10.7. The number of nitrogens with zero attached hydrogens (tertiary/aromatic N) is 3. The number of hydrogen-bond donors (Lipinski definition) is 1. The monoisotopic (exact) mass is 316 g/mol. The summed E-state index contributed by atoms with van der Waals surface area (Å²) in [7, 11) is 0. The molecule has 22 heavy (non-hydrogen) atoms. The van der Waals surface area contributed by atoms with Gasteiger partial charge in [-0.2, -0.15) is 4.37 Å². The van der Waals surface area contributed by atoms with E-state index in [-0.39, 0.29) is 5.91 Å². The topological polar surface area (TPSA) is 58.1 Å². The molecule has 0 bridgehead atoms. The summed E-state index contributed by atoms with van der Waals surface area (Å²) in [5.41, 5.74) is 1.64. The van der Waals surface area contributed by atoms with Gasteiger partial charge in [-0.1, -0.05) is 0 Å². The minimum Gasteiger partial charge on any atom is -0.339 e. The molecule has 1 N–H and O–H groups in total. The lowest BCUT2D eigenvalue weighted by Crippen LogP contribution is -2.30. The third kappa shape index (κ3) is 3.27. The maximum absolute atomic E-state index is 12.2. The second-order valence-electron chi connectivity index (χ2n) is 5.41. The van der Waals surface area contributed by atoms with Crippen molar-refractivity contribution in [3.8, 4) is 0 Å². The van der Waals surface area contributed by atoms with Crippen molar-refractivity contribution in [2.24, 2.45) is 0 Å². The molecule has 2 aromatic rings. The van der Waals surface area contributed by atoms with Gasteiger partial charge in [-0.25, -0.2) is 4.98 Å². The largest absolute Gasteiger partial charge is 0.339 e. The molecular weight excluding hydrogens is 296 g/mol. The molecule has 1 fully saturated rings. The zero-order valence-electron chi connectivity index (χ0n) is 12.9. The lowest BCUT2D eigenvalue weighted by Gasteiger charge is -2.18. The van der Waals surface area contributed by atoms with Crippen LogP contribution in [-0.4, -0.2) is 33.3 Å². The zero-order chi connectivity index (χ0) is 15.5. The number of nitrogens with one attached hydrogen (secondary N) is 1. The summed E-state index contributed by atoms with van der Waals surface area (Å²) < 4.78 is 4.37. The van der Waals surface area contributed by atoms with Gasteiger partial charge < -0.3 is 10.2 Å². The summed E-state index contributed by atoms with van der Waals surface area (Å²) in [4.78, 5) is 18.6. The molecule has 1 aliphatic rings. The second kappa shape index (κ2) is 6.44. The van der Waals surface area contributed by atoms with Gasteiger partial charge >= 0.3 is 0 Å². The standard InChI is InChI=1S/C16H20N4OS/c1-3-20(4-2)15(21)12-7-9-13(10-8-12)17-16-18-14(19-22-16)11-5-6-11/h7-11H,3-6H2,1-2H3,(H,17,18,19). The van der Waals surface area contributed by atoms with Crippen LogP contribution in [0.5, 0.6) is 0 Å². The number of carbonyl (C=O) groups is 1. The SMILES string of the molecule is CCN(CC)C(=O)c1ccc(Nc2nc(C3CC3)ns2)cc1. The van der Waals surface area contributed by atoms with Gasteiger partial charge in [0.15, 0.2) is 0 Å². The highest BCUT2D eigenvalue weighted by Crippen LogP contribution is 2.39. The summed E-state index contributed by atoms with van der Waals surface area (Å²) in [6, 6.07) is 7.53. The van der Waals surface area contributed by atoms with Crippen LogP contribution in [0.2, 0.25) is 0 Å². The molecule has 0 aliphatic heterocycles. The Morgan fingerprint density at radius 3 is 2.55 bits per heavy atom. The average molecular weight is 316 g/mol. The van der Waals surface area contributed by atoms with Crippen molar-refractivity contribution in [3.05, 3.63) is 35.7 Å². The van der Waals surface area contributed by atoms with E-state index >= 15 is 0 Å². The van der Waals surface area contributed by atoms with Crippen LogP contribution in [0, 0.1) is 0 Å². The Morgan fingerprint density at radius 2 is 1.95 bits per heavy atom. The summed E-state index contributed by atoms with van der Waals surface area (Å²) in [5.74, 6) is 1.60. The smallest absolute Gasteiger partial charge is 0.253 e. The summed E-state index contributed by atoms with van der Waals surface area (Å²) in [6.07, 6.45) is 2.41. The highest BCUT2D eigenvalue weighted by atomic mass is 32.1. The Morgan fingerprint density at radius 1 is 1.27 bits per heavy atom. The van der Waals surface area contributed by atoms with Gasteiger partial charge in [0.1, 0.15) is 5.82 Å². The molecule has 0 spiro atoms. The Bertz CT molecular complexity index is 644. The maximum atomic E-state index is 12.2. The van der Waals surface area contributed by atoms with Crippen molar-refractivity contribution in [3.63, 3.8) is 0 Å². The van der Waals surface area contributed by atoms with Crippen LogP contribution < -0.4 is 5.32 Å². The van der Waals surface area contributed by atoms with Gasteiger partial charge in [0.25, 0.3) is 5.91 Å². The quantitative estimate of drug-likeness (QED) is 0.884. The number of rotatable bonds is 6. The fourth-order valence-corrected chi connectivity index (χ4v) is 2.97. The molecule has 1 heterocycles. The van der Waals surface area contributed by atoms with Crippen LogP contribution in [-0.2, 0) is 0 Å². The number of benzene rings is 1. The molecule has 116 valence electrons. The van der Waals surface area contributed by atoms with E-state index < -0.39 is 0 Å². The second-order valence-corrected chi connectivity index (χ2v) is 6.16. The van der Waals surface area contributed by atoms with Crippen molar-refractivity contribution < 1.29 is 4.79 Å². The molecule has 1 saturated carbocycles. The third-order valence-electron chi connectivity index (χ3n) is 3.82. The maximum Gasteiger partial charge on any atom is 0.253 e. The number of hydrogen-bond acceptors (Lipinski definition) is 5. The zero-order valence-corrected chi connectivity index (χ0v) is 13.7. The van der Waals surface area contributed by atoms with E-state index in [1.54, 1.807) is 0 Å². The van der Waals surface area contributed by atoms with Crippen LogP contribution in [0.15, 0.2) is 24.3 Å². The summed E-state index contributed by atoms with van der Waals surface area (Å²) in [6.45, 7) is 5.43. The predicted molar refractivity (Wildman–Crippen MR) is 88.9 cm³/mol. The number of carbonyl (C=O) groups excluding carboxylic acids is 1. The fourth-order valence-electron chi connectivity index (χ4n) is 2.31. The normalized spacial score (nSPS) is 13.9. The Balaban J connectivity index is 1.66. The van der Waals surface area contributed by atoms with Crippen LogP contribution in [0.4, 0.5) is 10.8 Å². The van der Waals surface area contributed by atoms with E-state index in [1.807, 2.05) is 43.0 Å². The van der Waals surface area contributed by atoms with E-state index in [2.05, 4.69) is 14.7 Å². The number of aromatic nitrogens is 2. The van der Waals surface area contributed by atoms with E-state index in [4.69, 9.17) is 0 Å². The minimum atomic E-state index is 0.0727. The van der Waals surface area contributed by atoms with Crippen molar-refractivity contribution in [1.29, 1.82) is 0 Å².